The van der Waals surface area contributed by atoms with Crippen molar-refractivity contribution >= 4 is 11.8 Å². The summed E-state index contributed by atoms with van der Waals surface area (Å²) in [5.74, 6) is 0.162. The number of nitrogens with zero attached hydrogens (tertiary/aromatic N) is 1. The Morgan fingerprint density at radius 2 is 2.16 bits per heavy atom. The predicted octanol–water partition coefficient (Wildman–Crippen LogP) is 0.555. The van der Waals surface area contributed by atoms with Crippen molar-refractivity contribution in [3.05, 3.63) is 29.3 Å². The molecule has 19 heavy (non-hydrogen) atoms. The molecular weight excluding hydrogens is 244 g/mol. The van der Waals surface area contributed by atoms with Crippen LogP contribution >= 0.6 is 0 Å². The Morgan fingerprint density at radius 3 is 2.89 bits per heavy atom. The fraction of sp³-hybridized carbons (Fsp3) is 0.429. The first kappa shape index (κ1) is 12.0. The average molecular weight is 260 g/mol. The van der Waals surface area contributed by atoms with E-state index in [1.165, 1.54) is 5.56 Å². The van der Waals surface area contributed by atoms with Gasteiger partial charge in [-0.2, -0.15) is 0 Å². The number of hydrogen-bond donors (Lipinski definition) is 2. The number of benzene rings is 1. The Bertz CT molecular complexity index is 541. The van der Waals surface area contributed by atoms with Gasteiger partial charge in [0, 0.05) is 19.5 Å². The van der Waals surface area contributed by atoms with Gasteiger partial charge in [-0.1, -0.05) is 6.07 Å². The third-order valence-corrected chi connectivity index (χ3v) is 3.81. The van der Waals surface area contributed by atoms with E-state index in [0.717, 1.165) is 12.0 Å². The number of amides is 2. The van der Waals surface area contributed by atoms with E-state index >= 15 is 0 Å². The lowest BCUT2D eigenvalue weighted by Gasteiger charge is -2.30. The van der Waals surface area contributed by atoms with Gasteiger partial charge in [0.1, 0.15) is 11.8 Å². The highest BCUT2D eigenvalue weighted by molar-refractivity contribution is 5.90. The SMILES string of the molecule is O=C1CCC(C(=O)N2CCc3ccc(O)cc3C2)N1. The van der Waals surface area contributed by atoms with Crippen LogP contribution in [-0.4, -0.2) is 34.4 Å². The standard InChI is InChI=1S/C14H16N2O3/c17-11-2-1-9-5-6-16(8-10(9)7-11)14(19)12-3-4-13(18)15-12/h1-2,7,12,17H,3-6,8H2,(H,15,18). The van der Waals surface area contributed by atoms with E-state index in [9.17, 15) is 14.7 Å². The smallest absolute Gasteiger partial charge is 0.245 e. The molecule has 2 N–H and O–H groups in total. The van der Waals surface area contributed by atoms with Gasteiger partial charge >= 0.3 is 0 Å². The number of fused-ring (bicyclic) bond motifs is 1. The number of nitrogens with one attached hydrogen (secondary N) is 1. The topological polar surface area (TPSA) is 69.6 Å². The molecule has 1 unspecified atom stereocenters. The Balaban J connectivity index is 1.74. The van der Waals surface area contributed by atoms with Gasteiger partial charge in [-0.25, -0.2) is 0 Å². The molecule has 1 atom stereocenters. The first-order valence-corrected chi connectivity index (χ1v) is 6.52. The second-order valence-electron chi connectivity index (χ2n) is 5.12. The average Bonchev–Trinajstić information content (AvgIpc) is 2.83. The Labute approximate surface area is 111 Å². The molecule has 0 radical (unpaired) electrons. The predicted molar refractivity (Wildman–Crippen MR) is 68.4 cm³/mol. The maximum Gasteiger partial charge on any atom is 0.245 e. The van der Waals surface area contributed by atoms with Gasteiger partial charge in [0.15, 0.2) is 0 Å². The zero-order chi connectivity index (χ0) is 13.4. The zero-order valence-corrected chi connectivity index (χ0v) is 10.6. The fourth-order valence-electron chi connectivity index (χ4n) is 2.75. The number of phenolic OH excluding ortho intramolecular Hbond substituents is 1. The van der Waals surface area contributed by atoms with Crippen LogP contribution < -0.4 is 5.32 Å². The third-order valence-electron chi connectivity index (χ3n) is 3.81. The molecule has 0 bridgehead atoms. The van der Waals surface area contributed by atoms with Crippen LogP contribution in [0.5, 0.6) is 5.75 Å². The number of hydrogen-bond acceptors (Lipinski definition) is 3. The minimum Gasteiger partial charge on any atom is -0.508 e. The summed E-state index contributed by atoms with van der Waals surface area (Å²) in [7, 11) is 0. The van der Waals surface area contributed by atoms with Crippen LogP contribution in [0, 0.1) is 0 Å². The fourth-order valence-corrected chi connectivity index (χ4v) is 2.75. The maximum absolute atomic E-state index is 12.3. The number of carbonyl (C=O) groups is 2. The van der Waals surface area contributed by atoms with E-state index in [0.29, 0.717) is 25.9 Å². The van der Waals surface area contributed by atoms with Crippen molar-refractivity contribution in [2.45, 2.75) is 31.8 Å². The lowest BCUT2D eigenvalue weighted by molar-refractivity contribution is -0.135. The molecule has 1 aromatic carbocycles. The monoisotopic (exact) mass is 260 g/mol. The summed E-state index contributed by atoms with van der Waals surface area (Å²) >= 11 is 0. The van der Waals surface area contributed by atoms with E-state index in [2.05, 4.69) is 5.32 Å². The third kappa shape index (κ3) is 2.28. The van der Waals surface area contributed by atoms with Crippen molar-refractivity contribution in [1.82, 2.24) is 10.2 Å². The first-order chi connectivity index (χ1) is 9.13. The van der Waals surface area contributed by atoms with Crippen LogP contribution in [0.25, 0.3) is 0 Å². The van der Waals surface area contributed by atoms with Crippen molar-refractivity contribution in [1.29, 1.82) is 0 Å². The second-order valence-corrected chi connectivity index (χ2v) is 5.12. The lowest BCUT2D eigenvalue weighted by Crippen LogP contribution is -2.46. The van der Waals surface area contributed by atoms with E-state index < -0.39 is 0 Å². The Morgan fingerprint density at radius 1 is 1.32 bits per heavy atom. The molecule has 2 heterocycles. The maximum atomic E-state index is 12.3. The molecule has 3 rings (SSSR count). The summed E-state index contributed by atoms with van der Waals surface area (Å²) in [6.07, 6.45) is 1.81. The lowest BCUT2D eigenvalue weighted by atomic mass is 9.99. The molecule has 5 heteroatoms. The van der Waals surface area contributed by atoms with Crippen molar-refractivity contribution < 1.29 is 14.7 Å². The van der Waals surface area contributed by atoms with Gasteiger partial charge < -0.3 is 15.3 Å². The van der Waals surface area contributed by atoms with Crippen molar-refractivity contribution in [2.75, 3.05) is 6.54 Å². The van der Waals surface area contributed by atoms with Crippen LogP contribution in [0.1, 0.15) is 24.0 Å². The summed E-state index contributed by atoms with van der Waals surface area (Å²) in [4.78, 5) is 25.2. The quantitative estimate of drug-likeness (QED) is 0.775. The van der Waals surface area contributed by atoms with Gasteiger partial charge in [-0.15, -0.1) is 0 Å². The zero-order valence-electron chi connectivity index (χ0n) is 10.6. The summed E-state index contributed by atoms with van der Waals surface area (Å²) in [5.41, 5.74) is 2.17. The molecule has 2 aliphatic heterocycles. The van der Waals surface area contributed by atoms with Crippen molar-refractivity contribution in [3.8, 4) is 5.75 Å². The first-order valence-electron chi connectivity index (χ1n) is 6.52. The number of rotatable bonds is 1. The summed E-state index contributed by atoms with van der Waals surface area (Å²) in [6, 6.07) is 4.92. The highest BCUT2D eigenvalue weighted by atomic mass is 16.3. The molecule has 1 saturated heterocycles. The van der Waals surface area contributed by atoms with Crippen LogP contribution in [0.3, 0.4) is 0 Å². The molecule has 1 aromatic rings. The van der Waals surface area contributed by atoms with E-state index in [4.69, 9.17) is 0 Å². The largest absolute Gasteiger partial charge is 0.508 e. The van der Waals surface area contributed by atoms with Gasteiger partial charge in [-0.3, -0.25) is 9.59 Å². The van der Waals surface area contributed by atoms with E-state index in [-0.39, 0.29) is 23.6 Å². The molecule has 0 saturated carbocycles. The highest BCUT2D eigenvalue weighted by Crippen LogP contribution is 2.24. The van der Waals surface area contributed by atoms with Crippen LogP contribution in [-0.2, 0) is 22.6 Å². The van der Waals surface area contributed by atoms with E-state index in [1.54, 1.807) is 17.0 Å². The van der Waals surface area contributed by atoms with Crippen LogP contribution in [0.4, 0.5) is 0 Å². The Hall–Kier alpha value is -2.04. The minimum atomic E-state index is -0.369. The van der Waals surface area contributed by atoms with Gasteiger partial charge in [0.25, 0.3) is 0 Å². The molecule has 0 aromatic heterocycles. The summed E-state index contributed by atoms with van der Waals surface area (Å²) < 4.78 is 0. The van der Waals surface area contributed by atoms with Crippen LogP contribution in [0.15, 0.2) is 18.2 Å². The van der Waals surface area contributed by atoms with E-state index in [1.807, 2.05) is 6.07 Å². The van der Waals surface area contributed by atoms with Gasteiger partial charge in [0.2, 0.25) is 11.8 Å². The Kier molecular flexibility index (Phi) is 2.89. The molecule has 5 nitrogen and oxygen atoms in total. The second kappa shape index (κ2) is 4.57. The molecule has 2 amide bonds. The molecule has 2 aliphatic rings. The van der Waals surface area contributed by atoms with Crippen molar-refractivity contribution in [2.24, 2.45) is 0 Å². The van der Waals surface area contributed by atoms with Gasteiger partial charge in [0.05, 0.1) is 0 Å². The molecule has 0 aliphatic carbocycles. The van der Waals surface area contributed by atoms with Crippen LogP contribution in [0.2, 0.25) is 0 Å². The highest BCUT2D eigenvalue weighted by Gasteiger charge is 2.32. The number of carbonyl (C=O) groups excluding carboxylic acids is 2. The molecule has 1 fully saturated rings. The van der Waals surface area contributed by atoms with Gasteiger partial charge in [-0.05, 0) is 36.1 Å². The number of phenols is 1. The molecular formula is C14H16N2O3. The number of aromatic hydroxyl groups is 1. The summed E-state index contributed by atoms with van der Waals surface area (Å²) in [5, 5.41) is 12.2. The molecule has 100 valence electrons. The summed E-state index contributed by atoms with van der Waals surface area (Å²) in [6.45, 7) is 1.18. The minimum absolute atomic E-state index is 0.0140. The van der Waals surface area contributed by atoms with Crippen molar-refractivity contribution in [3.63, 3.8) is 0 Å². The molecule has 0 spiro atoms. The normalized spacial score (nSPS) is 22.0.